The molecular formula is C22H28F3N5O3. The lowest BCUT2D eigenvalue weighted by Crippen LogP contribution is -2.48. The molecule has 0 saturated carbocycles. The number of carbonyl (C=O) groups is 1. The molecule has 2 fully saturated rings. The number of anilines is 2. The summed E-state index contributed by atoms with van der Waals surface area (Å²) in [6.45, 7) is 7.65. The van der Waals surface area contributed by atoms with Gasteiger partial charge in [-0.2, -0.15) is 13.2 Å². The van der Waals surface area contributed by atoms with E-state index in [1.165, 1.54) is 6.07 Å². The number of nitrogens with one attached hydrogen (secondary N) is 1. The maximum absolute atomic E-state index is 13.3. The largest absolute Gasteiger partial charge is 0.416 e. The van der Waals surface area contributed by atoms with E-state index in [4.69, 9.17) is 9.26 Å². The van der Waals surface area contributed by atoms with E-state index >= 15 is 0 Å². The molecule has 8 nitrogen and oxygen atoms in total. The summed E-state index contributed by atoms with van der Waals surface area (Å²) in [4.78, 5) is 18.9. The summed E-state index contributed by atoms with van der Waals surface area (Å²) in [7, 11) is 0. The van der Waals surface area contributed by atoms with Crippen LogP contribution in [0, 0.1) is 6.92 Å². The van der Waals surface area contributed by atoms with Crippen LogP contribution in [0.4, 0.5) is 24.5 Å². The summed E-state index contributed by atoms with van der Waals surface area (Å²) in [5, 5.41) is 6.73. The second-order valence-corrected chi connectivity index (χ2v) is 8.36. The van der Waals surface area contributed by atoms with Gasteiger partial charge in [-0.05, 0) is 25.1 Å². The molecule has 0 unspecified atom stereocenters. The standard InChI is InChI=1S/C22H28F3N5O3/c1-16-12-18(27-33-16)14-28-4-6-29(7-5-28)15-21(31)26-19-13-17(22(23,24)25)2-3-20(19)30-8-10-32-11-9-30/h2-3,12-13H,4-11,14-15H2,1H3,(H,26,31). The number of ether oxygens (including phenoxy) is 1. The summed E-state index contributed by atoms with van der Waals surface area (Å²) in [5.74, 6) is 0.441. The number of carbonyl (C=O) groups excluding carboxylic acids is 1. The molecule has 1 aromatic carbocycles. The summed E-state index contributed by atoms with van der Waals surface area (Å²) in [6, 6.07) is 5.39. The molecule has 11 heteroatoms. The molecule has 0 bridgehead atoms. The maximum atomic E-state index is 13.3. The van der Waals surface area contributed by atoms with Gasteiger partial charge in [0.05, 0.1) is 42.4 Å². The average Bonchev–Trinajstić information content (AvgIpc) is 3.19. The zero-order chi connectivity index (χ0) is 23.4. The SMILES string of the molecule is Cc1cc(CN2CCN(CC(=O)Nc3cc(C(F)(F)F)ccc3N3CCOCC3)CC2)no1. The Bertz CT molecular complexity index is 951. The van der Waals surface area contributed by atoms with Crippen LogP contribution in [0.5, 0.6) is 0 Å². The third-order valence-electron chi connectivity index (χ3n) is 5.84. The highest BCUT2D eigenvalue weighted by molar-refractivity contribution is 5.95. The Labute approximate surface area is 190 Å². The number of nitrogens with zero attached hydrogens (tertiary/aromatic N) is 4. The molecule has 2 aliphatic heterocycles. The van der Waals surface area contributed by atoms with Crippen molar-refractivity contribution in [2.45, 2.75) is 19.6 Å². The van der Waals surface area contributed by atoms with Crippen molar-refractivity contribution >= 4 is 17.3 Å². The molecule has 1 amide bonds. The molecule has 180 valence electrons. The molecular weight excluding hydrogens is 439 g/mol. The summed E-state index contributed by atoms with van der Waals surface area (Å²) in [5.41, 5.74) is 0.842. The first kappa shape index (κ1) is 23.5. The molecule has 0 atom stereocenters. The van der Waals surface area contributed by atoms with E-state index in [2.05, 4.69) is 15.4 Å². The minimum atomic E-state index is -4.48. The number of morpholine rings is 1. The topological polar surface area (TPSA) is 74.1 Å². The van der Waals surface area contributed by atoms with E-state index in [1.807, 2.05) is 22.8 Å². The van der Waals surface area contributed by atoms with Crippen LogP contribution in [0.15, 0.2) is 28.8 Å². The van der Waals surface area contributed by atoms with E-state index in [0.717, 1.165) is 36.7 Å². The quantitative estimate of drug-likeness (QED) is 0.700. The van der Waals surface area contributed by atoms with Crippen molar-refractivity contribution in [1.82, 2.24) is 15.0 Å². The normalized spacial score (nSPS) is 18.5. The number of hydrogen-bond donors (Lipinski definition) is 1. The van der Waals surface area contributed by atoms with Crippen LogP contribution in [0.1, 0.15) is 17.0 Å². The average molecular weight is 467 g/mol. The molecule has 33 heavy (non-hydrogen) atoms. The molecule has 3 heterocycles. The number of piperazine rings is 1. The number of amides is 1. The van der Waals surface area contributed by atoms with E-state index in [0.29, 0.717) is 51.6 Å². The van der Waals surface area contributed by atoms with Crippen LogP contribution in [0.25, 0.3) is 0 Å². The minimum Gasteiger partial charge on any atom is -0.378 e. The van der Waals surface area contributed by atoms with Gasteiger partial charge in [0, 0.05) is 51.9 Å². The third kappa shape index (κ3) is 6.24. The van der Waals surface area contributed by atoms with Crippen molar-refractivity contribution in [3.05, 3.63) is 41.3 Å². The van der Waals surface area contributed by atoms with Crippen molar-refractivity contribution in [1.29, 1.82) is 0 Å². The molecule has 0 spiro atoms. The molecule has 2 aliphatic rings. The first-order chi connectivity index (χ1) is 15.8. The molecule has 1 N–H and O–H groups in total. The number of benzene rings is 1. The van der Waals surface area contributed by atoms with Gasteiger partial charge in [-0.15, -0.1) is 0 Å². The van der Waals surface area contributed by atoms with E-state index < -0.39 is 11.7 Å². The first-order valence-electron chi connectivity index (χ1n) is 11.0. The van der Waals surface area contributed by atoms with Gasteiger partial charge in [-0.1, -0.05) is 5.16 Å². The van der Waals surface area contributed by atoms with Crippen LogP contribution in [0.2, 0.25) is 0 Å². The van der Waals surface area contributed by atoms with E-state index in [-0.39, 0.29) is 18.1 Å². The molecule has 0 aliphatic carbocycles. The number of aryl methyl sites for hydroxylation is 1. The number of rotatable bonds is 6. The Morgan fingerprint density at radius 2 is 1.76 bits per heavy atom. The monoisotopic (exact) mass is 467 g/mol. The van der Waals surface area contributed by atoms with Gasteiger partial charge in [0.25, 0.3) is 0 Å². The lowest BCUT2D eigenvalue weighted by atomic mass is 10.1. The minimum absolute atomic E-state index is 0.121. The van der Waals surface area contributed by atoms with Crippen molar-refractivity contribution < 1.29 is 27.2 Å². The number of alkyl halides is 3. The Hall–Kier alpha value is -2.63. The van der Waals surface area contributed by atoms with E-state index in [9.17, 15) is 18.0 Å². The van der Waals surface area contributed by atoms with Crippen molar-refractivity contribution in [2.24, 2.45) is 0 Å². The summed E-state index contributed by atoms with van der Waals surface area (Å²) < 4.78 is 50.3. The maximum Gasteiger partial charge on any atom is 0.416 e. The first-order valence-corrected chi connectivity index (χ1v) is 11.0. The van der Waals surface area contributed by atoms with Gasteiger partial charge in [-0.3, -0.25) is 14.6 Å². The number of aromatic nitrogens is 1. The third-order valence-corrected chi connectivity index (χ3v) is 5.84. The lowest BCUT2D eigenvalue weighted by Gasteiger charge is -2.34. The molecule has 2 saturated heterocycles. The van der Waals surface area contributed by atoms with Crippen molar-refractivity contribution in [3.63, 3.8) is 0 Å². The Morgan fingerprint density at radius 3 is 2.39 bits per heavy atom. The van der Waals surface area contributed by atoms with Crippen molar-refractivity contribution in [2.75, 3.05) is 69.2 Å². The van der Waals surface area contributed by atoms with Crippen LogP contribution >= 0.6 is 0 Å². The fourth-order valence-corrected chi connectivity index (χ4v) is 4.11. The number of halogens is 3. The fraction of sp³-hybridized carbons (Fsp3) is 0.545. The zero-order valence-electron chi connectivity index (χ0n) is 18.5. The van der Waals surface area contributed by atoms with Gasteiger partial charge in [0.1, 0.15) is 5.76 Å². The zero-order valence-corrected chi connectivity index (χ0v) is 18.5. The van der Waals surface area contributed by atoms with Gasteiger partial charge in [-0.25, -0.2) is 0 Å². The predicted molar refractivity (Wildman–Crippen MR) is 116 cm³/mol. The number of hydrogen-bond acceptors (Lipinski definition) is 7. The highest BCUT2D eigenvalue weighted by Crippen LogP contribution is 2.35. The van der Waals surface area contributed by atoms with Gasteiger partial charge in [0.15, 0.2) is 0 Å². The molecule has 2 aromatic rings. The fourth-order valence-electron chi connectivity index (χ4n) is 4.11. The van der Waals surface area contributed by atoms with Crippen LogP contribution in [0.3, 0.4) is 0 Å². The smallest absolute Gasteiger partial charge is 0.378 e. The highest BCUT2D eigenvalue weighted by Gasteiger charge is 2.32. The molecule has 0 radical (unpaired) electrons. The molecule has 4 rings (SSSR count). The summed E-state index contributed by atoms with van der Waals surface area (Å²) >= 11 is 0. The summed E-state index contributed by atoms with van der Waals surface area (Å²) in [6.07, 6.45) is -4.48. The second kappa shape index (κ2) is 10.1. The van der Waals surface area contributed by atoms with Crippen LogP contribution < -0.4 is 10.2 Å². The van der Waals surface area contributed by atoms with E-state index in [1.54, 1.807) is 0 Å². The Balaban J connectivity index is 1.36. The van der Waals surface area contributed by atoms with Gasteiger partial charge < -0.3 is 19.5 Å². The highest BCUT2D eigenvalue weighted by atomic mass is 19.4. The van der Waals surface area contributed by atoms with Gasteiger partial charge in [0.2, 0.25) is 5.91 Å². The Morgan fingerprint density at radius 1 is 1.06 bits per heavy atom. The second-order valence-electron chi connectivity index (χ2n) is 8.36. The van der Waals surface area contributed by atoms with Crippen LogP contribution in [-0.4, -0.2) is 79.9 Å². The molecule has 1 aromatic heterocycles. The van der Waals surface area contributed by atoms with Gasteiger partial charge >= 0.3 is 6.18 Å². The predicted octanol–water partition coefficient (Wildman–Crippen LogP) is 2.59. The lowest BCUT2D eigenvalue weighted by molar-refractivity contribution is -0.137. The Kier molecular flexibility index (Phi) is 7.20. The van der Waals surface area contributed by atoms with Crippen molar-refractivity contribution in [3.8, 4) is 0 Å². The van der Waals surface area contributed by atoms with Crippen LogP contribution in [-0.2, 0) is 22.3 Å².